The molecule has 26 heavy (non-hydrogen) atoms. The summed E-state index contributed by atoms with van der Waals surface area (Å²) >= 11 is 0. The predicted octanol–water partition coefficient (Wildman–Crippen LogP) is 3.41. The number of hydrogen-bond donors (Lipinski definition) is 2. The third-order valence-corrected chi connectivity index (χ3v) is 5.56. The molecule has 0 fully saturated rings. The summed E-state index contributed by atoms with van der Waals surface area (Å²) in [6.07, 6.45) is 2.96. The Morgan fingerprint density at radius 1 is 1.08 bits per heavy atom. The van der Waals surface area contributed by atoms with Crippen LogP contribution in [0.4, 0.5) is 5.69 Å². The Morgan fingerprint density at radius 2 is 1.88 bits per heavy atom. The summed E-state index contributed by atoms with van der Waals surface area (Å²) < 4.78 is 0. The second-order valence-electron chi connectivity index (χ2n) is 7.34. The third-order valence-electron chi connectivity index (χ3n) is 5.56. The Morgan fingerprint density at radius 3 is 2.69 bits per heavy atom. The highest BCUT2D eigenvalue weighted by atomic mass is 16.1. The van der Waals surface area contributed by atoms with Crippen LogP contribution in [0.1, 0.15) is 45.5 Å². The van der Waals surface area contributed by atoms with Gasteiger partial charge in [-0.05, 0) is 54.5 Å². The normalized spacial score (nSPS) is 18.9. The topological polar surface area (TPSA) is 58.2 Å². The fourth-order valence-corrected chi connectivity index (χ4v) is 4.18. The largest absolute Gasteiger partial charge is 0.326 e. The first-order valence-corrected chi connectivity index (χ1v) is 9.37. The van der Waals surface area contributed by atoms with Crippen LogP contribution in [-0.2, 0) is 24.2 Å². The van der Waals surface area contributed by atoms with Crippen molar-refractivity contribution in [2.45, 2.75) is 39.2 Å². The van der Waals surface area contributed by atoms with E-state index in [-0.39, 0.29) is 17.6 Å². The molecule has 4 rings (SSSR count). The van der Waals surface area contributed by atoms with E-state index in [0.29, 0.717) is 19.4 Å². The molecule has 2 aromatic rings. The van der Waals surface area contributed by atoms with Crippen LogP contribution in [0.2, 0.25) is 0 Å². The van der Waals surface area contributed by atoms with Crippen molar-refractivity contribution in [3.05, 3.63) is 64.2 Å². The van der Waals surface area contributed by atoms with Crippen molar-refractivity contribution in [1.82, 2.24) is 5.32 Å². The number of nitrogens with one attached hydrogen (secondary N) is 2. The SMILES string of the molecule is Cc1cc2c(c3c1CCC(CNCc1ccccc1)C3=O)CCC(=O)N2. The monoisotopic (exact) mass is 348 g/mol. The summed E-state index contributed by atoms with van der Waals surface area (Å²) in [5.74, 6) is 0.291. The molecule has 0 spiro atoms. The van der Waals surface area contributed by atoms with Crippen molar-refractivity contribution >= 4 is 17.4 Å². The van der Waals surface area contributed by atoms with Gasteiger partial charge in [0.05, 0.1) is 0 Å². The van der Waals surface area contributed by atoms with Crippen LogP contribution in [0.15, 0.2) is 36.4 Å². The molecule has 2 aromatic carbocycles. The molecule has 1 aliphatic heterocycles. The van der Waals surface area contributed by atoms with Gasteiger partial charge in [-0.3, -0.25) is 9.59 Å². The van der Waals surface area contributed by atoms with Gasteiger partial charge < -0.3 is 10.6 Å². The van der Waals surface area contributed by atoms with Gasteiger partial charge in [0, 0.05) is 36.7 Å². The number of fused-ring (bicyclic) bond motifs is 3. The van der Waals surface area contributed by atoms with E-state index in [9.17, 15) is 9.59 Å². The van der Waals surface area contributed by atoms with E-state index in [1.807, 2.05) is 31.2 Å². The van der Waals surface area contributed by atoms with Crippen molar-refractivity contribution in [3.63, 3.8) is 0 Å². The molecular formula is C22H24N2O2. The Kier molecular flexibility index (Phi) is 4.60. The molecule has 4 nitrogen and oxygen atoms in total. The van der Waals surface area contributed by atoms with E-state index in [0.717, 1.165) is 41.8 Å². The second-order valence-corrected chi connectivity index (χ2v) is 7.34. The van der Waals surface area contributed by atoms with E-state index in [1.54, 1.807) is 0 Å². The van der Waals surface area contributed by atoms with Crippen molar-refractivity contribution < 1.29 is 9.59 Å². The van der Waals surface area contributed by atoms with Gasteiger partial charge in [0.1, 0.15) is 0 Å². The molecule has 2 N–H and O–H groups in total. The zero-order chi connectivity index (χ0) is 18.1. The maximum Gasteiger partial charge on any atom is 0.224 e. The summed E-state index contributed by atoms with van der Waals surface area (Å²) in [5, 5.41) is 6.39. The van der Waals surface area contributed by atoms with Gasteiger partial charge in [0.2, 0.25) is 5.91 Å². The molecule has 1 unspecified atom stereocenters. The van der Waals surface area contributed by atoms with Crippen LogP contribution < -0.4 is 10.6 Å². The zero-order valence-corrected chi connectivity index (χ0v) is 15.1. The number of carbonyl (C=O) groups is 2. The van der Waals surface area contributed by atoms with Crippen molar-refractivity contribution in [2.75, 3.05) is 11.9 Å². The molecule has 1 aliphatic carbocycles. The Bertz CT molecular complexity index is 858. The highest BCUT2D eigenvalue weighted by molar-refractivity contribution is 6.05. The minimum Gasteiger partial charge on any atom is -0.326 e. The molecule has 1 amide bonds. The van der Waals surface area contributed by atoms with Crippen molar-refractivity contribution in [1.29, 1.82) is 0 Å². The van der Waals surface area contributed by atoms with E-state index in [4.69, 9.17) is 0 Å². The first-order chi connectivity index (χ1) is 12.6. The maximum atomic E-state index is 13.2. The van der Waals surface area contributed by atoms with Gasteiger partial charge in [-0.2, -0.15) is 0 Å². The number of benzene rings is 2. The lowest BCUT2D eigenvalue weighted by atomic mass is 9.77. The fourth-order valence-electron chi connectivity index (χ4n) is 4.18. The summed E-state index contributed by atoms with van der Waals surface area (Å²) in [6.45, 7) is 3.52. The highest BCUT2D eigenvalue weighted by Gasteiger charge is 2.33. The van der Waals surface area contributed by atoms with Gasteiger partial charge in [-0.15, -0.1) is 0 Å². The number of aryl methyl sites for hydroxylation is 1. The van der Waals surface area contributed by atoms with Gasteiger partial charge in [0.25, 0.3) is 0 Å². The Hall–Kier alpha value is -2.46. The maximum absolute atomic E-state index is 13.2. The van der Waals surface area contributed by atoms with Crippen molar-refractivity contribution in [2.24, 2.45) is 5.92 Å². The van der Waals surface area contributed by atoms with E-state index in [1.165, 1.54) is 11.1 Å². The van der Waals surface area contributed by atoms with Crippen LogP contribution in [0.3, 0.4) is 0 Å². The molecule has 1 atom stereocenters. The zero-order valence-electron chi connectivity index (χ0n) is 15.1. The summed E-state index contributed by atoms with van der Waals surface area (Å²) in [5.41, 5.74) is 6.30. The number of carbonyl (C=O) groups excluding carboxylic acids is 2. The van der Waals surface area contributed by atoms with Gasteiger partial charge >= 0.3 is 0 Å². The lowest BCUT2D eigenvalue weighted by molar-refractivity contribution is -0.116. The lowest BCUT2D eigenvalue weighted by Crippen LogP contribution is -2.34. The van der Waals surface area contributed by atoms with Gasteiger partial charge in [-0.1, -0.05) is 30.3 Å². The number of ketones is 1. The smallest absolute Gasteiger partial charge is 0.224 e. The van der Waals surface area contributed by atoms with Crippen LogP contribution in [0.25, 0.3) is 0 Å². The number of amides is 1. The third kappa shape index (κ3) is 3.17. The second kappa shape index (κ2) is 7.04. The van der Waals surface area contributed by atoms with Crippen molar-refractivity contribution in [3.8, 4) is 0 Å². The quantitative estimate of drug-likeness (QED) is 0.890. The fraction of sp³-hybridized carbons (Fsp3) is 0.364. The lowest BCUT2D eigenvalue weighted by Gasteiger charge is -2.30. The molecule has 0 saturated heterocycles. The minimum atomic E-state index is 0.00902. The first kappa shape index (κ1) is 17.0. The number of rotatable bonds is 4. The molecule has 0 aromatic heterocycles. The number of Topliss-reactive ketones (excluding diaryl/α,β-unsaturated/α-hetero) is 1. The minimum absolute atomic E-state index is 0.00902. The molecule has 2 aliphatic rings. The molecule has 0 radical (unpaired) electrons. The predicted molar refractivity (Wildman–Crippen MR) is 102 cm³/mol. The molecule has 134 valence electrons. The van der Waals surface area contributed by atoms with E-state index < -0.39 is 0 Å². The number of hydrogen-bond acceptors (Lipinski definition) is 3. The van der Waals surface area contributed by atoms with E-state index in [2.05, 4.69) is 22.8 Å². The molecular weight excluding hydrogens is 324 g/mol. The average molecular weight is 348 g/mol. The van der Waals surface area contributed by atoms with Crippen LogP contribution >= 0.6 is 0 Å². The average Bonchev–Trinajstić information content (AvgIpc) is 2.64. The Labute approximate surface area is 154 Å². The molecule has 0 bridgehead atoms. The van der Waals surface area contributed by atoms with Gasteiger partial charge in [0.15, 0.2) is 5.78 Å². The van der Waals surface area contributed by atoms with Gasteiger partial charge in [-0.25, -0.2) is 0 Å². The number of anilines is 1. The molecule has 4 heteroatoms. The summed E-state index contributed by atoms with van der Waals surface area (Å²) in [4.78, 5) is 24.9. The Balaban J connectivity index is 1.53. The standard InChI is InChI=1S/C22H24N2O2/c1-14-11-19-18(9-10-20(25)24-19)21-17(14)8-7-16(22(21)26)13-23-12-15-5-3-2-4-6-15/h2-6,11,16,23H,7-10,12-13H2,1H3,(H,24,25). The van der Waals surface area contributed by atoms with E-state index >= 15 is 0 Å². The van der Waals surface area contributed by atoms with Crippen LogP contribution in [-0.4, -0.2) is 18.2 Å². The highest BCUT2D eigenvalue weighted by Crippen LogP contribution is 2.37. The molecule has 1 heterocycles. The summed E-state index contributed by atoms with van der Waals surface area (Å²) in [7, 11) is 0. The van der Waals surface area contributed by atoms with Crippen LogP contribution in [0, 0.1) is 12.8 Å². The molecule has 0 saturated carbocycles. The summed E-state index contributed by atoms with van der Waals surface area (Å²) in [6, 6.07) is 12.3. The van der Waals surface area contributed by atoms with Crippen LogP contribution in [0.5, 0.6) is 0 Å². The first-order valence-electron chi connectivity index (χ1n) is 9.37.